The van der Waals surface area contributed by atoms with E-state index in [9.17, 15) is 9.90 Å². The zero-order valence-electron chi connectivity index (χ0n) is 14.4. The van der Waals surface area contributed by atoms with Crippen LogP contribution in [0.4, 0.5) is 0 Å². The van der Waals surface area contributed by atoms with E-state index in [4.69, 9.17) is 4.74 Å². The number of benzene rings is 1. The number of phenolic OH excluding ortho intramolecular Hbond substituents is 1. The summed E-state index contributed by atoms with van der Waals surface area (Å²) in [7, 11) is 0. The summed E-state index contributed by atoms with van der Waals surface area (Å²) >= 11 is 1.68. The van der Waals surface area contributed by atoms with E-state index < -0.39 is 0 Å². The molecule has 2 aliphatic rings. The van der Waals surface area contributed by atoms with Gasteiger partial charge in [-0.3, -0.25) is 10.1 Å². The van der Waals surface area contributed by atoms with Crippen molar-refractivity contribution in [2.45, 2.75) is 19.5 Å². The van der Waals surface area contributed by atoms with Crippen molar-refractivity contribution in [1.82, 2.24) is 10.2 Å². The number of hydrogen-bond donors (Lipinski definition) is 2. The lowest BCUT2D eigenvalue weighted by atomic mass is 10.1. The van der Waals surface area contributed by atoms with E-state index in [-0.39, 0.29) is 30.1 Å². The monoisotopic (exact) mass is 392 g/mol. The van der Waals surface area contributed by atoms with Gasteiger partial charge in [-0.05, 0) is 36.8 Å². The van der Waals surface area contributed by atoms with Crippen molar-refractivity contribution >= 4 is 29.7 Å². The molecule has 2 aliphatic heterocycles. The van der Waals surface area contributed by atoms with E-state index in [0.717, 1.165) is 22.5 Å². The fourth-order valence-electron chi connectivity index (χ4n) is 3.25. The predicted molar refractivity (Wildman–Crippen MR) is 105 cm³/mol. The van der Waals surface area contributed by atoms with E-state index in [0.29, 0.717) is 25.4 Å². The van der Waals surface area contributed by atoms with Crippen molar-refractivity contribution in [1.29, 1.82) is 0 Å². The van der Waals surface area contributed by atoms with Crippen LogP contribution in [0, 0.1) is 6.92 Å². The third kappa shape index (κ3) is 3.58. The van der Waals surface area contributed by atoms with Gasteiger partial charge >= 0.3 is 0 Å². The van der Waals surface area contributed by atoms with Gasteiger partial charge in [-0.1, -0.05) is 12.2 Å². The molecule has 2 N–H and O–H groups in total. The molecule has 0 aliphatic carbocycles. The van der Waals surface area contributed by atoms with Crippen molar-refractivity contribution in [2.24, 2.45) is 0 Å². The normalized spacial score (nSPS) is 18.7. The van der Waals surface area contributed by atoms with E-state index in [2.05, 4.69) is 24.4 Å². The van der Waals surface area contributed by atoms with Crippen LogP contribution >= 0.6 is 23.7 Å². The highest BCUT2D eigenvalue weighted by Gasteiger charge is 2.27. The average Bonchev–Trinajstić information content (AvgIpc) is 3.22. The molecule has 5 nitrogen and oxygen atoms in total. The smallest absolute Gasteiger partial charge is 0.244 e. The molecule has 1 atom stereocenters. The topological polar surface area (TPSA) is 61.8 Å². The molecule has 26 heavy (non-hydrogen) atoms. The van der Waals surface area contributed by atoms with E-state index in [1.54, 1.807) is 22.3 Å². The van der Waals surface area contributed by atoms with Crippen LogP contribution in [0.25, 0.3) is 10.4 Å². The number of rotatable bonds is 2. The van der Waals surface area contributed by atoms with Crippen LogP contribution in [0.5, 0.6) is 11.5 Å². The van der Waals surface area contributed by atoms with Gasteiger partial charge in [0.2, 0.25) is 5.91 Å². The summed E-state index contributed by atoms with van der Waals surface area (Å²) in [5.74, 6) is 0.663. The van der Waals surface area contributed by atoms with Gasteiger partial charge in [0.25, 0.3) is 0 Å². The van der Waals surface area contributed by atoms with E-state index in [1.807, 2.05) is 18.2 Å². The van der Waals surface area contributed by atoms with Gasteiger partial charge in [-0.15, -0.1) is 23.7 Å². The Morgan fingerprint density at radius 3 is 2.92 bits per heavy atom. The molecule has 0 saturated heterocycles. The largest absolute Gasteiger partial charge is 0.504 e. The fraction of sp³-hybridized carbons (Fsp3) is 0.316. The molecular formula is C19H21ClN2O3S. The first kappa shape index (κ1) is 18.8. The summed E-state index contributed by atoms with van der Waals surface area (Å²) in [6, 6.07) is 7.60. The molecule has 1 aromatic carbocycles. The number of carbonyl (C=O) groups excluding carboxylic acids is 1. The summed E-state index contributed by atoms with van der Waals surface area (Å²) in [5.41, 5.74) is 1.79. The Hall–Kier alpha value is -2.02. The molecule has 7 heteroatoms. The third-order valence-electron chi connectivity index (χ3n) is 4.50. The summed E-state index contributed by atoms with van der Waals surface area (Å²) in [6.07, 6.45) is 3.87. The first-order chi connectivity index (χ1) is 12.1. The highest BCUT2D eigenvalue weighted by Crippen LogP contribution is 2.39. The minimum absolute atomic E-state index is 0. The molecule has 0 fully saturated rings. The number of amides is 1. The Bertz CT molecular complexity index is 849. The highest BCUT2D eigenvalue weighted by molar-refractivity contribution is 7.15. The van der Waals surface area contributed by atoms with Crippen LogP contribution in [0.2, 0.25) is 0 Å². The molecule has 0 spiro atoms. The molecule has 138 valence electrons. The molecule has 1 amide bonds. The van der Waals surface area contributed by atoms with E-state index >= 15 is 0 Å². The Morgan fingerprint density at radius 1 is 1.38 bits per heavy atom. The number of nitrogens with zero attached hydrogens (tertiary/aromatic N) is 1. The molecule has 3 heterocycles. The van der Waals surface area contributed by atoms with Crippen LogP contribution in [0.3, 0.4) is 0 Å². The number of halogens is 1. The second-order valence-electron chi connectivity index (χ2n) is 6.32. The maximum absolute atomic E-state index is 12.7. The number of aromatic hydroxyl groups is 1. The van der Waals surface area contributed by atoms with Crippen molar-refractivity contribution in [3.63, 3.8) is 0 Å². The zero-order chi connectivity index (χ0) is 17.4. The van der Waals surface area contributed by atoms with Crippen molar-refractivity contribution in [3.05, 3.63) is 46.9 Å². The molecule has 4 rings (SSSR count). The summed E-state index contributed by atoms with van der Waals surface area (Å²) < 4.78 is 5.74. The van der Waals surface area contributed by atoms with Crippen LogP contribution in [-0.4, -0.2) is 41.7 Å². The lowest BCUT2D eigenvalue weighted by molar-refractivity contribution is -0.132. The summed E-state index contributed by atoms with van der Waals surface area (Å²) in [6.45, 7) is 4.10. The van der Waals surface area contributed by atoms with Gasteiger partial charge in [0, 0.05) is 28.4 Å². The highest BCUT2D eigenvalue weighted by atomic mass is 35.5. The Balaban J connectivity index is 0.00000196. The van der Waals surface area contributed by atoms with E-state index in [1.165, 1.54) is 4.88 Å². The standard InChI is InChI=1S/C19H20N2O3S.ClH/c1-12-4-5-17(25-12)13-9-14-11-21(19(23)15-3-2-6-20-15)7-8-24-18(14)16(22)10-13;/h2-5,9-10,15,20,22H,6-8,11H2,1H3;1H. The van der Waals surface area contributed by atoms with Crippen LogP contribution in [0.1, 0.15) is 10.4 Å². The van der Waals surface area contributed by atoms with Crippen LogP contribution in [-0.2, 0) is 11.3 Å². The number of hydrogen-bond acceptors (Lipinski definition) is 5. The number of carbonyl (C=O) groups is 1. The first-order valence-corrected chi connectivity index (χ1v) is 9.18. The number of fused-ring (bicyclic) bond motifs is 1. The van der Waals surface area contributed by atoms with Crippen LogP contribution < -0.4 is 10.1 Å². The van der Waals surface area contributed by atoms with Gasteiger partial charge in [0.15, 0.2) is 11.5 Å². The fourth-order valence-corrected chi connectivity index (χ4v) is 4.11. The SMILES string of the molecule is Cc1ccc(-c2cc(O)c3c(c2)CN(C(=O)C2C=CCN2)CCO3)s1.Cl. The second-order valence-corrected chi connectivity index (χ2v) is 7.60. The number of thiophene rings is 1. The number of nitrogens with one attached hydrogen (secondary N) is 1. The zero-order valence-corrected chi connectivity index (χ0v) is 16.0. The number of aryl methyl sites for hydroxylation is 1. The molecule has 1 unspecified atom stereocenters. The molecule has 0 radical (unpaired) electrons. The summed E-state index contributed by atoms with van der Waals surface area (Å²) in [5, 5.41) is 13.6. The average molecular weight is 393 g/mol. The summed E-state index contributed by atoms with van der Waals surface area (Å²) in [4.78, 5) is 16.8. The van der Waals surface area contributed by atoms with Gasteiger partial charge in [0.1, 0.15) is 12.6 Å². The second kappa shape index (κ2) is 7.70. The van der Waals surface area contributed by atoms with Gasteiger partial charge in [-0.25, -0.2) is 0 Å². The molecular weight excluding hydrogens is 372 g/mol. The van der Waals surface area contributed by atoms with Gasteiger partial charge in [0.05, 0.1) is 6.54 Å². The Kier molecular flexibility index (Phi) is 5.55. The Morgan fingerprint density at radius 2 is 2.23 bits per heavy atom. The van der Waals surface area contributed by atoms with Crippen molar-refractivity contribution in [3.8, 4) is 21.9 Å². The maximum atomic E-state index is 12.7. The third-order valence-corrected chi connectivity index (χ3v) is 5.55. The molecule has 2 aromatic rings. The molecule has 0 saturated carbocycles. The van der Waals surface area contributed by atoms with Crippen LogP contribution in [0.15, 0.2) is 36.4 Å². The lowest BCUT2D eigenvalue weighted by Gasteiger charge is -2.23. The molecule has 1 aromatic heterocycles. The predicted octanol–water partition coefficient (Wildman–Crippen LogP) is 3.10. The lowest BCUT2D eigenvalue weighted by Crippen LogP contribution is -2.44. The Labute approximate surface area is 162 Å². The molecule has 0 bridgehead atoms. The maximum Gasteiger partial charge on any atom is 0.244 e. The number of phenols is 1. The van der Waals surface area contributed by atoms with Gasteiger partial charge in [-0.2, -0.15) is 0 Å². The first-order valence-electron chi connectivity index (χ1n) is 8.36. The quantitative estimate of drug-likeness (QED) is 0.771. The van der Waals surface area contributed by atoms with Crippen molar-refractivity contribution in [2.75, 3.05) is 19.7 Å². The number of ether oxygens (including phenoxy) is 1. The minimum Gasteiger partial charge on any atom is -0.504 e. The minimum atomic E-state index is -0.265. The van der Waals surface area contributed by atoms with Gasteiger partial charge < -0.3 is 14.7 Å². The van der Waals surface area contributed by atoms with Crippen molar-refractivity contribution < 1.29 is 14.6 Å².